The van der Waals surface area contributed by atoms with Gasteiger partial charge in [-0.25, -0.2) is 0 Å². The summed E-state index contributed by atoms with van der Waals surface area (Å²) < 4.78 is 5.97. The molecule has 1 aliphatic rings. The highest BCUT2D eigenvalue weighted by Gasteiger charge is 2.18. The van der Waals surface area contributed by atoms with E-state index in [9.17, 15) is 0 Å². The third-order valence-corrected chi connectivity index (χ3v) is 5.07. The van der Waals surface area contributed by atoms with E-state index in [2.05, 4.69) is 47.7 Å². The second kappa shape index (κ2) is 7.08. The molecular formula is C22H19NOS. The normalized spacial score (nSPS) is 13.0. The van der Waals surface area contributed by atoms with Crippen LogP contribution in [0.4, 0.5) is 0 Å². The molecule has 0 unspecified atom stereocenters. The zero-order valence-corrected chi connectivity index (χ0v) is 14.8. The third kappa shape index (κ3) is 3.42. The molecule has 0 bridgehead atoms. The van der Waals surface area contributed by atoms with E-state index in [4.69, 9.17) is 9.73 Å². The van der Waals surface area contributed by atoms with Crippen molar-refractivity contribution >= 4 is 22.6 Å². The molecule has 0 spiro atoms. The molecule has 3 heteroatoms. The molecule has 0 aliphatic carbocycles. The molecule has 124 valence electrons. The molecule has 0 radical (unpaired) electrons. The Hall–Kier alpha value is -2.65. The van der Waals surface area contributed by atoms with E-state index in [-0.39, 0.29) is 0 Å². The number of thiophene rings is 1. The molecule has 2 nitrogen and oxygen atoms in total. The van der Waals surface area contributed by atoms with Gasteiger partial charge >= 0.3 is 0 Å². The predicted octanol–water partition coefficient (Wildman–Crippen LogP) is 5.39. The minimum atomic E-state index is 0.586. The van der Waals surface area contributed by atoms with Gasteiger partial charge in [0, 0.05) is 17.7 Å². The Balaban J connectivity index is 1.55. The SMILES string of the molecule is C=C(C1=NCCc2cc(OCc3ccccc3)ccc21)c1ccsc1. The Kier molecular flexibility index (Phi) is 4.49. The molecule has 0 amide bonds. The maximum Gasteiger partial charge on any atom is 0.120 e. The minimum absolute atomic E-state index is 0.586. The molecule has 2 heterocycles. The first kappa shape index (κ1) is 15.9. The fourth-order valence-corrected chi connectivity index (χ4v) is 3.71. The van der Waals surface area contributed by atoms with Crippen LogP contribution in [-0.2, 0) is 13.0 Å². The van der Waals surface area contributed by atoms with Crippen molar-refractivity contribution in [3.8, 4) is 5.75 Å². The molecule has 25 heavy (non-hydrogen) atoms. The topological polar surface area (TPSA) is 21.6 Å². The molecule has 2 aromatic carbocycles. The maximum absolute atomic E-state index is 5.97. The van der Waals surface area contributed by atoms with E-state index in [0.29, 0.717) is 6.61 Å². The molecule has 0 fully saturated rings. The highest BCUT2D eigenvalue weighted by Crippen LogP contribution is 2.28. The third-order valence-electron chi connectivity index (χ3n) is 4.39. The van der Waals surface area contributed by atoms with Crippen LogP contribution in [-0.4, -0.2) is 12.3 Å². The summed E-state index contributed by atoms with van der Waals surface area (Å²) in [4.78, 5) is 4.73. The highest BCUT2D eigenvalue weighted by atomic mass is 32.1. The number of fused-ring (bicyclic) bond motifs is 1. The van der Waals surface area contributed by atoms with Gasteiger partial charge in [-0.15, -0.1) is 0 Å². The molecule has 0 saturated heterocycles. The van der Waals surface area contributed by atoms with Crippen molar-refractivity contribution in [3.63, 3.8) is 0 Å². The van der Waals surface area contributed by atoms with Crippen LogP contribution in [0.25, 0.3) is 5.57 Å². The van der Waals surface area contributed by atoms with E-state index in [0.717, 1.165) is 35.6 Å². The van der Waals surface area contributed by atoms with Gasteiger partial charge in [-0.2, -0.15) is 11.3 Å². The minimum Gasteiger partial charge on any atom is -0.489 e. The van der Waals surface area contributed by atoms with Crippen molar-refractivity contribution in [2.24, 2.45) is 4.99 Å². The van der Waals surface area contributed by atoms with Crippen LogP contribution in [0.5, 0.6) is 5.75 Å². The lowest BCUT2D eigenvalue weighted by molar-refractivity contribution is 0.306. The van der Waals surface area contributed by atoms with Crippen LogP contribution in [0.3, 0.4) is 0 Å². The van der Waals surface area contributed by atoms with E-state index in [1.165, 1.54) is 16.7 Å². The first-order chi connectivity index (χ1) is 12.3. The summed E-state index contributed by atoms with van der Waals surface area (Å²) in [6.45, 7) is 5.65. The summed E-state index contributed by atoms with van der Waals surface area (Å²) in [5, 5.41) is 4.20. The molecule has 0 atom stereocenters. The van der Waals surface area contributed by atoms with Gasteiger partial charge in [0.25, 0.3) is 0 Å². The summed E-state index contributed by atoms with van der Waals surface area (Å²) >= 11 is 1.68. The number of allylic oxidation sites excluding steroid dienone is 1. The smallest absolute Gasteiger partial charge is 0.120 e. The first-order valence-electron chi connectivity index (χ1n) is 8.37. The number of hydrogen-bond donors (Lipinski definition) is 0. The Labute approximate surface area is 152 Å². The molecule has 1 aliphatic heterocycles. The molecule has 4 rings (SSSR count). The average molecular weight is 345 g/mol. The Morgan fingerprint density at radius 2 is 2.00 bits per heavy atom. The van der Waals surface area contributed by atoms with Crippen LogP contribution < -0.4 is 4.74 Å². The summed E-state index contributed by atoms with van der Waals surface area (Å²) in [7, 11) is 0. The van der Waals surface area contributed by atoms with Crippen molar-refractivity contribution in [2.75, 3.05) is 6.54 Å². The van der Waals surface area contributed by atoms with Gasteiger partial charge in [0.15, 0.2) is 0 Å². The van der Waals surface area contributed by atoms with Crippen molar-refractivity contribution in [2.45, 2.75) is 13.0 Å². The summed E-state index contributed by atoms with van der Waals surface area (Å²) in [6.07, 6.45) is 0.943. The van der Waals surface area contributed by atoms with Gasteiger partial charge in [-0.05, 0) is 58.1 Å². The van der Waals surface area contributed by atoms with Crippen LogP contribution in [0, 0.1) is 0 Å². The standard InChI is InChI=1S/C22H19NOS/c1-16(19-10-12-25-15-19)22-21-8-7-20(13-18(21)9-11-23-22)24-14-17-5-3-2-4-6-17/h2-8,10,12-13,15H,1,9,11,14H2. The van der Waals surface area contributed by atoms with Crippen LogP contribution in [0.2, 0.25) is 0 Å². The van der Waals surface area contributed by atoms with Crippen molar-refractivity contribution < 1.29 is 4.74 Å². The number of ether oxygens (including phenoxy) is 1. The summed E-state index contributed by atoms with van der Waals surface area (Å²) in [5.74, 6) is 0.907. The number of rotatable bonds is 5. The summed E-state index contributed by atoms with van der Waals surface area (Å²) in [6, 6.07) is 18.6. The monoisotopic (exact) mass is 345 g/mol. The Bertz CT molecular complexity index is 910. The maximum atomic E-state index is 5.97. The quantitative estimate of drug-likeness (QED) is 0.608. The largest absolute Gasteiger partial charge is 0.489 e. The molecule has 1 aromatic heterocycles. The van der Waals surface area contributed by atoms with Crippen LogP contribution in [0.1, 0.15) is 22.3 Å². The lowest BCUT2D eigenvalue weighted by Gasteiger charge is -2.19. The van der Waals surface area contributed by atoms with Gasteiger partial charge < -0.3 is 4.74 Å². The molecule has 0 saturated carbocycles. The summed E-state index contributed by atoms with van der Waals surface area (Å²) in [5.41, 5.74) is 6.80. The van der Waals surface area contributed by atoms with Crippen LogP contribution in [0.15, 0.2) is 76.9 Å². The fourth-order valence-electron chi connectivity index (χ4n) is 3.04. The zero-order chi connectivity index (χ0) is 17.1. The van der Waals surface area contributed by atoms with Crippen molar-refractivity contribution in [1.29, 1.82) is 0 Å². The lowest BCUT2D eigenvalue weighted by atomic mass is 9.91. The number of aliphatic imine (C=N–C) groups is 1. The number of nitrogens with zero attached hydrogens (tertiary/aromatic N) is 1. The van der Waals surface area contributed by atoms with Gasteiger partial charge in [0.1, 0.15) is 12.4 Å². The van der Waals surface area contributed by atoms with E-state index < -0.39 is 0 Å². The fraction of sp³-hybridized carbons (Fsp3) is 0.136. The van der Waals surface area contributed by atoms with Gasteiger partial charge in [0.2, 0.25) is 0 Å². The Morgan fingerprint density at radius 1 is 1.12 bits per heavy atom. The first-order valence-corrected chi connectivity index (χ1v) is 9.32. The second-order valence-corrected chi connectivity index (χ2v) is 6.84. The predicted molar refractivity (Wildman–Crippen MR) is 106 cm³/mol. The highest BCUT2D eigenvalue weighted by molar-refractivity contribution is 7.08. The molecule has 0 N–H and O–H groups in total. The van der Waals surface area contributed by atoms with Crippen LogP contribution >= 0.6 is 11.3 Å². The lowest BCUT2D eigenvalue weighted by Crippen LogP contribution is -2.14. The number of hydrogen-bond acceptors (Lipinski definition) is 3. The van der Waals surface area contributed by atoms with E-state index in [1.54, 1.807) is 11.3 Å². The second-order valence-electron chi connectivity index (χ2n) is 6.06. The van der Waals surface area contributed by atoms with Crippen molar-refractivity contribution in [3.05, 3.63) is 94.2 Å². The van der Waals surface area contributed by atoms with Gasteiger partial charge in [-0.1, -0.05) is 36.9 Å². The van der Waals surface area contributed by atoms with Crippen molar-refractivity contribution in [1.82, 2.24) is 0 Å². The zero-order valence-electron chi connectivity index (χ0n) is 13.9. The van der Waals surface area contributed by atoms with Gasteiger partial charge in [0.05, 0.1) is 5.71 Å². The van der Waals surface area contributed by atoms with E-state index >= 15 is 0 Å². The average Bonchev–Trinajstić information content (AvgIpc) is 3.21. The number of benzene rings is 2. The Morgan fingerprint density at radius 3 is 2.80 bits per heavy atom. The van der Waals surface area contributed by atoms with Gasteiger partial charge in [-0.3, -0.25) is 4.99 Å². The molecular weight excluding hydrogens is 326 g/mol. The van der Waals surface area contributed by atoms with E-state index in [1.807, 2.05) is 24.3 Å². The molecule has 3 aromatic rings.